The van der Waals surface area contributed by atoms with E-state index in [9.17, 15) is 14.0 Å². The molecular formula is C22H26FN3O3. The van der Waals surface area contributed by atoms with E-state index < -0.39 is 11.8 Å². The van der Waals surface area contributed by atoms with E-state index in [0.717, 1.165) is 16.7 Å². The number of halogens is 1. The Bertz CT molecular complexity index is 864. The second-order valence-electron chi connectivity index (χ2n) is 7.13. The molecular weight excluding hydrogens is 373 g/mol. The molecule has 7 heteroatoms. The van der Waals surface area contributed by atoms with Crippen molar-refractivity contribution in [3.05, 3.63) is 65.0 Å². The Morgan fingerprint density at radius 3 is 2.45 bits per heavy atom. The van der Waals surface area contributed by atoms with E-state index in [1.165, 1.54) is 12.1 Å². The number of amides is 2. The van der Waals surface area contributed by atoms with Crippen LogP contribution in [0.25, 0.3) is 0 Å². The van der Waals surface area contributed by atoms with Crippen molar-refractivity contribution in [3.63, 3.8) is 0 Å². The molecule has 2 aromatic carbocycles. The highest BCUT2D eigenvalue weighted by Gasteiger charge is 2.24. The van der Waals surface area contributed by atoms with Crippen LogP contribution < -0.4 is 10.6 Å². The van der Waals surface area contributed by atoms with Gasteiger partial charge in [-0.3, -0.25) is 14.5 Å². The average Bonchev–Trinajstić information content (AvgIpc) is 2.73. The molecule has 2 N–H and O–H groups in total. The molecule has 1 saturated heterocycles. The summed E-state index contributed by atoms with van der Waals surface area (Å²) in [5, 5.41) is 5.39. The predicted molar refractivity (Wildman–Crippen MR) is 109 cm³/mol. The molecule has 0 bridgehead atoms. The number of carbonyl (C=O) groups excluding carboxylic acids is 2. The monoisotopic (exact) mass is 399 g/mol. The molecule has 6 nitrogen and oxygen atoms in total. The first-order valence-corrected chi connectivity index (χ1v) is 9.68. The molecule has 154 valence electrons. The van der Waals surface area contributed by atoms with E-state index in [0.29, 0.717) is 32.0 Å². The molecule has 1 fully saturated rings. The number of ether oxygens (including phenoxy) is 1. The lowest BCUT2D eigenvalue weighted by atomic mass is 10.0. The summed E-state index contributed by atoms with van der Waals surface area (Å²) < 4.78 is 18.7. The van der Waals surface area contributed by atoms with E-state index in [4.69, 9.17) is 4.74 Å². The Hall–Kier alpha value is -2.77. The third-order valence-corrected chi connectivity index (χ3v) is 5.26. The van der Waals surface area contributed by atoms with E-state index in [1.807, 2.05) is 26.0 Å². The molecule has 0 unspecified atom stereocenters. The van der Waals surface area contributed by atoms with E-state index in [-0.39, 0.29) is 18.4 Å². The fraction of sp³-hybridized carbons (Fsp3) is 0.364. The SMILES string of the molecule is Cc1cccc(NC(=O)C(=O)NC[C@H](c2ccc(F)cc2)N2CCOCC2)c1C. The van der Waals surface area contributed by atoms with Crippen LogP contribution in [0.4, 0.5) is 10.1 Å². The minimum Gasteiger partial charge on any atom is -0.379 e. The maximum Gasteiger partial charge on any atom is 0.313 e. The van der Waals surface area contributed by atoms with Crippen molar-refractivity contribution in [2.45, 2.75) is 19.9 Å². The highest BCUT2D eigenvalue weighted by Crippen LogP contribution is 2.22. The van der Waals surface area contributed by atoms with Crippen LogP contribution in [-0.4, -0.2) is 49.6 Å². The van der Waals surface area contributed by atoms with Crippen LogP contribution in [0.2, 0.25) is 0 Å². The molecule has 0 aromatic heterocycles. The van der Waals surface area contributed by atoms with Gasteiger partial charge in [0.25, 0.3) is 0 Å². The first kappa shape index (κ1) is 21.0. The quantitative estimate of drug-likeness (QED) is 0.759. The molecule has 1 aliphatic heterocycles. The Balaban J connectivity index is 1.66. The highest BCUT2D eigenvalue weighted by molar-refractivity contribution is 6.39. The molecule has 0 spiro atoms. The van der Waals surface area contributed by atoms with E-state index in [1.54, 1.807) is 18.2 Å². The van der Waals surface area contributed by atoms with E-state index in [2.05, 4.69) is 15.5 Å². The van der Waals surface area contributed by atoms with Gasteiger partial charge in [0, 0.05) is 25.3 Å². The van der Waals surface area contributed by atoms with Crippen LogP contribution in [0.15, 0.2) is 42.5 Å². The van der Waals surface area contributed by atoms with Crippen LogP contribution in [0, 0.1) is 19.7 Å². The van der Waals surface area contributed by atoms with Gasteiger partial charge < -0.3 is 15.4 Å². The number of hydrogen-bond acceptors (Lipinski definition) is 4. The van der Waals surface area contributed by atoms with Gasteiger partial charge in [-0.15, -0.1) is 0 Å². The van der Waals surface area contributed by atoms with Crippen molar-refractivity contribution in [3.8, 4) is 0 Å². The van der Waals surface area contributed by atoms with Crippen molar-refractivity contribution in [2.75, 3.05) is 38.2 Å². The standard InChI is InChI=1S/C22H26FN3O3/c1-15-4-3-5-19(16(15)2)25-22(28)21(27)24-14-20(26-10-12-29-13-11-26)17-6-8-18(23)9-7-17/h3-9,20H,10-14H2,1-2H3,(H,24,27)(H,25,28)/t20-/m1/s1. The summed E-state index contributed by atoms with van der Waals surface area (Å²) >= 11 is 0. The summed E-state index contributed by atoms with van der Waals surface area (Å²) in [6.07, 6.45) is 0. The zero-order chi connectivity index (χ0) is 20.8. The van der Waals surface area contributed by atoms with E-state index >= 15 is 0 Å². The van der Waals surface area contributed by atoms with Gasteiger partial charge in [-0.05, 0) is 48.7 Å². The molecule has 1 aliphatic rings. The van der Waals surface area contributed by atoms with Gasteiger partial charge in [-0.2, -0.15) is 0 Å². The number of nitrogens with one attached hydrogen (secondary N) is 2. The number of nitrogens with zero attached hydrogens (tertiary/aromatic N) is 1. The molecule has 0 saturated carbocycles. The molecule has 29 heavy (non-hydrogen) atoms. The van der Waals surface area contributed by atoms with Gasteiger partial charge in [-0.1, -0.05) is 24.3 Å². The summed E-state index contributed by atoms with van der Waals surface area (Å²) in [5.41, 5.74) is 3.45. The van der Waals surface area contributed by atoms with Crippen LogP contribution >= 0.6 is 0 Å². The fourth-order valence-electron chi connectivity index (χ4n) is 3.37. The van der Waals surface area contributed by atoms with Gasteiger partial charge in [-0.25, -0.2) is 4.39 Å². The third kappa shape index (κ3) is 5.40. The Morgan fingerprint density at radius 1 is 1.07 bits per heavy atom. The second kappa shape index (κ2) is 9.62. The van der Waals surface area contributed by atoms with Crippen molar-refractivity contribution in [2.24, 2.45) is 0 Å². The van der Waals surface area contributed by atoms with Gasteiger partial charge in [0.15, 0.2) is 0 Å². The van der Waals surface area contributed by atoms with Gasteiger partial charge in [0.2, 0.25) is 0 Å². The zero-order valence-corrected chi connectivity index (χ0v) is 16.7. The topological polar surface area (TPSA) is 70.7 Å². The summed E-state index contributed by atoms with van der Waals surface area (Å²) in [4.78, 5) is 26.9. The van der Waals surface area contributed by atoms with Crippen LogP contribution in [0.5, 0.6) is 0 Å². The van der Waals surface area contributed by atoms with Gasteiger partial charge in [0.1, 0.15) is 5.82 Å². The van der Waals surface area contributed by atoms with Crippen molar-refractivity contribution < 1.29 is 18.7 Å². The molecule has 0 radical (unpaired) electrons. The number of morpholine rings is 1. The lowest BCUT2D eigenvalue weighted by molar-refractivity contribution is -0.136. The van der Waals surface area contributed by atoms with Crippen molar-refractivity contribution in [1.29, 1.82) is 0 Å². The third-order valence-electron chi connectivity index (χ3n) is 5.26. The summed E-state index contributed by atoms with van der Waals surface area (Å²) in [7, 11) is 0. The Labute approximate surface area is 170 Å². The normalized spacial score (nSPS) is 15.6. The molecule has 1 atom stereocenters. The molecule has 2 aromatic rings. The molecule has 1 heterocycles. The molecule has 0 aliphatic carbocycles. The maximum absolute atomic E-state index is 13.3. The van der Waals surface area contributed by atoms with Gasteiger partial charge >= 0.3 is 11.8 Å². The second-order valence-corrected chi connectivity index (χ2v) is 7.13. The maximum atomic E-state index is 13.3. The minimum atomic E-state index is -0.710. The average molecular weight is 399 g/mol. The Kier molecular flexibility index (Phi) is 6.95. The zero-order valence-electron chi connectivity index (χ0n) is 16.7. The molecule has 3 rings (SSSR count). The Morgan fingerprint density at radius 2 is 1.76 bits per heavy atom. The number of aryl methyl sites for hydroxylation is 1. The fourth-order valence-corrected chi connectivity index (χ4v) is 3.37. The van der Waals surface area contributed by atoms with Crippen LogP contribution in [-0.2, 0) is 14.3 Å². The van der Waals surface area contributed by atoms with Crippen molar-refractivity contribution in [1.82, 2.24) is 10.2 Å². The lowest BCUT2D eigenvalue weighted by Gasteiger charge is -2.34. The lowest BCUT2D eigenvalue weighted by Crippen LogP contribution is -2.45. The number of hydrogen-bond donors (Lipinski definition) is 2. The molecule has 2 amide bonds. The van der Waals surface area contributed by atoms with Crippen LogP contribution in [0.1, 0.15) is 22.7 Å². The number of anilines is 1. The smallest absolute Gasteiger partial charge is 0.313 e. The summed E-state index contributed by atoms with van der Waals surface area (Å²) in [5.74, 6) is -1.73. The minimum absolute atomic E-state index is 0.169. The van der Waals surface area contributed by atoms with Gasteiger partial charge in [0.05, 0.1) is 19.3 Å². The van der Waals surface area contributed by atoms with Crippen LogP contribution in [0.3, 0.4) is 0 Å². The summed E-state index contributed by atoms with van der Waals surface area (Å²) in [6, 6.07) is 11.6. The first-order chi connectivity index (χ1) is 14.0. The first-order valence-electron chi connectivity index (χ1n) is 9.68. The predicted octanol–water partition coefficient (Wildman–Crippen LogP) is 2.57. The highest BCUT2D eigenvalue weighted by atomic mass is 19.1. The number of benzene rings is 2. The number of carbonyl (C=O) groups is 2. The largest absolute Gasteiger partial charge is 0.379 e. The number of rotatable bonds is 5. The summed E-state index contributed by atoms with van der Waals surface area (Å²) in [6.45, 7) is 6.67. The van der Waals surface area contributed by atoms with Crippen molar-refractivity contribution >= 4 is 17.5 Å².